The van der Waals surface area contributed by atoms with Crippen molar-refractivity contribution in [2.75, 3.05) is 0 Å². The number of hydrogen-bond donors (Lipinski definition) is 0. The van der Waals surface area contributed by atoms with Gasteiger partial charge in [0.05, 0.1) is 25.2 Å². The molecular formula is C16H14ClN4O+. The number of rotatable bonds is 5. The van der Waals surface area contributed by atoms with Crippen molar-refractivity contribution in [1.82, 2.24) is 15.0 Å². The van der Waals surface area contributed by atoms with Gasteiger partial charge in [-0.1, -0.05) is 29.8 Å². The Balaban J connectivity index is 1.65. The van der Waals surface area contributed by atoms with Gasteiger partial charge in [-0.2, -0.15) is 4.57 Å². The maximum absolute atomic E-state index is 6.09. The predicted molar refractivity (Wildman–Crippen MR) is 81.3 cm³/mol. The minimum Gasteiger partial charge on any atom is -0.368 e. The third-order valence-corrected chi connectivity index (χ3v) is 3.40. The first-order valence-corrected chi connectivity index (χ1v) is 7.14. The van der Waals surface area contributed by atoms with Crippen LogP contribution in [0.25, 0.3) is 5.82 Å². The van der Waals surface area contributed by atoms with E-state index in [0.717, 1.165) is 17.1 Å². The van der Waals surface area contributed by atoms with E-state index in [9.17, 15) is 0 Å². The van der Waals surface area contributed by atoms with E-state index in [1.165, 1.54) is 0 Å². The smallest absolute Gasteiger partial charge is 0.346 e. The molecule has 0 fully saturated rings. The lowest BCUT2D eigenvalue weighted by atomic mass is 10.2. The normalized spacial score (nSPS) is 10.6. The summed E-state index contributed by atoms with van der Waals surface area (Å²) in [5, 5.41) is 0.703. The predicted octanol–water partition coefficient (Wildman–Crippen LogP) is 2.52. The summed E-state index contributed by atoms with van der Waals surface area (Å²) in [7, 11) is 0. The molecule has 0 unspecified atom stereocenters. The molecule has 0 aliphatic carbocycles. The van der Waals surface area contributed by atoms with Crippen molar-refractivity contribution < 1.29 is 9.30 Å². The van der Waals surface area contributed by atoms with Crippen LogP contribution in [0.2, 0.25) is 5.02 Å². The Morgan fingerprint density at radius 3 is 2.64 bits per heavy atom. The van der Waals surface area contributed by atoms with E-state index >= 15 is 0 Å². The zero-order chi connectivity index (χ0) is 15.2. The first-order chi connectivity index (χ1) is 10.8. The molecule has 3 rings (SSSR count). The fraction of sp³-hybridized carbons (Fsp3) is 0.125. The summed E-state index contributed by atoms with van der Waals surface area (Å²) in [6.07, 6.45) is 10.4. The van der Waals surface area contributed by atoms with Gasteiger partial charge in [-0.05, 0) is 16.6 Å². The van der Waals surface area contributed by atoms with E-state index in [4.69, 9.17) is 16.3 Å². The highest BCUT2D eigenvalue weighted by atomic mass is 35.5. The van der Waals surface area contributed by atoms with Crippen molar-refractivity contribution in [2.24, 2.45) is 0 Å². The van der Waals surface area contributed by atoms with Gasteiger partial charge in [-0.15, -0.1) is 0 Å². The molecule has 0 spiro atoms. The van der Waals surface area contributed by atoms with Crippen LogP contribution >= 0.6 is 11.6 Å². The molecule has 110 valence electrons. The third-order valence-electron chi connectivity index (χ3n) is 3.03. The molecule has 0 saturated heterocycles. The van der Waals surface area contributed by atoms with Crippen molar-refractivity contribution >= 4 is 11.6 Å². The van der Waals surface area contributed by atoms with Crippen LogP contribution in [0.1, 0.15) is 11.3 Å². The van der Waals surface area contributed by atoms with Crippen molar-refractivity contribution in [2.45, 2.75) is 13.2 Å². The average molecular weight is 314 g/mol. The Bertz CT molecular complexity index is 752. The molecule has 5 nitrogen and oxygen atoms in total. The highest BCUT2D eigenvalue weighted by molar-refractivity contribution is 6.31. The van der Waals surface area contributed by atoms with Crippen molar-refractivity contribution in [1.29, 1.82) is 0 Å². The summed E-state index contributed by atoms with van der Waals surface area (Å²) in [5.74, 6) is 0.723. The molecule has 0 aliphatic rings. The maximum Gasteiger partial charge on any atom is 0.346 e. The van der Waals surface area contributed by atoms with Gasteiger partial charge in [0.15, 0.2) is 5.69 Å². The van der Waals surface area contributed by atoms with Crippen LogP contribution in [-0.4, -0.2) is 15.0 Å². The van der Waals surface area contributed by atoms with Gasteiger partial charge in [0.1, 0.15) is 25.2 Å². The topological polar surface area (TPSA) is 51.8 Å². The summed E-state index contributed by atoms with van der Waals surface area (Å²) in [5.41, 5.74) is 1.71. The van der Waals surface area contributed by atoms with Gasteiger partial charge < -0.3 is 4.74 Å². The lowest BCUT2D eigenvalue weighted by Crippen LogP contribution is -2.31. The molecule has 22 heavy (non-hydrogen) atoms. The maximum atomic E-state index is 6.09. The fourth-order valence-corrected chi connectivity index (χ4v) is 2.13. The SMILES string of the molecule is Clc1ccccc1COCc1cncc(-[n+]2ccncc2)n1. The lowest BCUT2D eigenvalue weighted by Gasteiger charge is -2.04. The minimum atomic E-state index is 0.373. The van der Waals surface area contributed by atoms with Gasteiger partial charge in [-0.3, -0.25) is 9.97 Å². The Morgan fingerprint density at radius 2 is 1.82 bits per heavy atom. The van der Waals surface area contributed by atoms with Crippen LogP contribution in [-0.2, 0) is 18.0 Å². The second-order valence-electron chi connectivity index (χ2n) is 4.61. The van der Waals surface area contributed by atoms with E-state index in [-0.39, 0.29) is 0 Å². The monoisotopic (exact) mass is 313 g/mol. The molecule has 2 aromatic heterocycles. The Labute approximate surface area is 133 Å². The number of halogens is 1. The molecule has 2 heterocycles. The summed E-state index contributed by atoms with van der Waals surface area (Å²) >= 11 is 6.09. The standard InChI is InChI=1S/C16H14ClN4O/c17-15-4-2-1-3-13(15)11-22-12-14-9-19-10-16(20-14)21-7-5-18-6-8-21/h1-10H,11-12H2/q+1. The second-order valence-corrected chi connectivity index (χ2v) is 5.01. The summed E-state index contributed by atoms with van der Waals surface area (Å²) < 4.78 is 7.51. The number of ether oxygens (including phenoxy) is 1. The molecule has 1 aromatic carbocycles. The lowest BCUT2D eigenvalue weighted by molar-refractivity contribution is -0.600. The molecule has 3 aromatic rings. The van der Waals surface area contributed by atoms with Crippen molar-refractivity contribution in [3.63, 3.8) is 0 Å². The molecule has 0 N–H and O–H groups in total. The van der Waals surface area contributed by atoms with Crippen LogP contribution in [0.5, 0.6) is 0 Å². The van der Waals surface area contributed by atoms with E-state index in [0.29, 0.717) is 18.2 Å². The first-order valence-electron chi connectivity index (χ1n) is 6.76. The van der Waals surface area contributed by atoms with Crippen LogP contribution < -0.4 is 4.57 Å². The number of benzene rings is 1. The minimum absolute atomic E-state index is 0.373. The van der Waals surface area contributed by atoms with Crippen molar-refractivity contribution in [3.8, 4) is 5.82 Å². The van der Waals surface area contributed by atoms with E-state index < -0.39 is 0 Å². The van der Waals surface area contributed by atoms with Crippen LogP contribution in [0.4, 0.5) is 0 Å². The molecule has 0 bridgehead atoms. The third kappa shape index (κ3) is 3.63. The highest BCUT2D eigenvalue weighted by Crippen LogP contribution is 2.16. The molecule has 6 heteroatoms. The Morgan fingerprint density at radius 1 is 1.00 bits per heavy atom. The highest BCUT2D eigenvalue weighted by Gasteiger charge is 2.11. The average Bonchev–Trinajstić information content (AvgIpc) is 2.58. The first kappa shape index (κ1) is 14.6. The fourth-order valence-electron chi connectivity index (χ4n) is 1.94. The second kappa shape index (κ2) is 7.06. The summed E-state index contributed by atoms with van der Waals surface area (Å²) in [4.78, 5) is 12.7. The molecular weight excluding hydrogens is 300 g/mol. The van der Waals surface area contributed by atoms with Crippen LogP contribution in [0.3, 0.4) is 0 Å². The van der Waals surface area contributed by atoms with E-state index in [2.05, 4.69) is 15.0 Å². The van der Waals surface area contributed by atoms with Crippen molar-refractivity contribution in [3.05, 3.63) is 77.7 Å². The van der Waals surface area contributed by atoms with Gasteiger partial charge in [0, 0.05) is 5.02 Å². The molecule has 0 radical (unpaired) electrons. The number of aromatic nitrogens is 4. The quantitative estimate of drug-likeness (QED) is 0.679. The number of hydrogen-bond acceptors (Lipinski definition) is 4. The van der Waals surface area contributed by atoms with E-state index in [1.807, 2.05) is 41.2 Å². The van der Waals surface area contributed by atoms with Crippen LogP contribution in [0, 0.1) is 0 Å². The zero-order valence-electron chi connectivity index (χ0n) is 11.8. The van der Waals surface area contributed by atoms with Gasteiger partial charge in [0.2, 0.25) is 0 Å². The van der Waals surface area contributed by atoms with Gasteiger partial charge in [0.25, 0.3) is 0 Å². The Kier molecular flexibility index (Phi) is 4.68. The van der Waals surface area contributed by atoms with E-state index in [1.54, 1.807) is 24.8 Å². The van der Waals surface area contributed by atoms with Crippen LogP contribution in [0.15, 0.2) is 61.4 Å². The van der Waals surface area contributed by atoms with Gasteiger partial charge >= 0.3 is 5.82 Å². The molecule has 0 atom stereocenters. The summed E-state index contributed by atoms with van der Waals surface area (Å²) in [6, 6.07) is 7.62. The zero-order valence-corrected chi connectivity index (χ0v) is 12.5. The largest absolute Gasteiger partial charge is 0.368 e. The molecule has 0 aliphatic heterocycles. The van der Waals surface area contributed by atoms with Gasteiger partial charge in [-0.25, -0.2) is 0 Å². The molecule has 0 saturated carbocycles. The number of nitrogens with zero attached hydrogens (tertiary/aromatic N) is 4. The molecule has 0 amide bonds. The summed E-state index contributed by atoms with van der Waals surface area (Å²) in [6.45, 7) is 0.811. The Hall–Kier alpha value is -2.37.